The molecule has 1 aliphatic rings. The van der Waals surface area contributed by atoms with Crippen molar-refractivity contribution in [3.8, 4) is 0 Å². The number of hydrogen-bond acceptors (Lipinski definition) is 1. The van der Waals surface area contributed by atoms with E-state index in [1.54, 1.807) is 0 Å². The molecule has 16 heavy (non-hydrogen) atoms. The Morgan fingerprint density at radius 2 is 1.81 bits per heavy atom. The maximum Gasteiger partial charge on any atom is 0.304 e. The zero-order chi connectivity index (χ0) is 11.8. The van der Waals surface area contributed by atoms with E-state index in [1.807, 2.05) is 0 Å². The molecule has 1 aromatic carbocycles. The quantitative estimate of drug-likeness (QED) is 0.845. The lowest BCUT2D eigenvalue weighted by molar-refractivity contribution is -0.139. The summed E-state index contributed by atoms with van der Waals surface area (Å²) in [4.78, 5) is 11.0. The van der Waals surface area contributed by atoms with Crippen LogP contribution in [-0.4, -0.2) is 11.1 Å². The van der Waals surface area contributed by atoms with Gasteiger partial charge in [-0.05, 0) is 32.3 Å². The van der Waals surface area contributed by atoms with Gasteiger partial charge in [0.25, 0.3) is 0 Å². The van der Waals surface area contributed by atoms with E-state index in [4.69, 9.17) is 5.11 Å². The maximum absolute atomic E-state index is 11.0. The van der Waals surface area contributed by atoms with Crippen molar-refractivity contribution in [3.63, 3.8) is 0 Å². The molecule has 0 aromatic heterocycles. The van der Waals surface area contributed by atoms with Crippen LogP contribution in [0.5, 0.6) is 0 Å². The average Bonchev–Trinajstić information content (AvgIpc) is 2.09. The molecule has 2 heteroatoms. The van der Waals surface area contributed by atoms with Crippen LogP contribution in [0.3, 0.4) is 0 Å². The van der Waals surface area contributed by atoms with Crippen molar-refractivity contribution < 1.29 is 9.90 Å². The van der Waals surface area contributed by atoms with Crippen LogP contribution in [-0.2, 0) is 10.2 Å². The Labute approximate surface area is 96.3 Å². The zero-order valence-electron chi connectivity index (χ0n) is 9.92. The van der Waals surface area contributed by atoms with Crippen molar-refractivity contribution in [2.24, 2.45) is 0 Å². The number of carboxylic acids is 1. The van der Waals surface area contributed by atoms with E-state index in [1.165, 1.54) is 16.7 Å². The third-order valence-electron chi connectivity index (χ3n) is 3.63. The summed E-state index contributed by atoms with van der Waals surface area (Å²) >= 11 is 0. The third-order valence-corrected chi connectivity index (χ3v) is 3.63. The molecule has 0 radical (unpaired) electrons. The molecule has 86 valence electrons. The Kier molecular flexibility index (Phi) is 2.75. The van der Waals surface area contributed by atoms with Gasteiger partial charge in [0.05, 0.1) is 6.42 Å². The van der Waals surface area contributed by atoms with Crippen LogP contribution in [0, 0.1) is 13.8 Å². The topological polar surface area (TPSA) is 37.3 Å². The lowest BCUT2D eigenvalue weighted by Gasteiger charge is -2.41. The van der Waals surface area contributed by atoms with Gasteiger partial charge < -0.3 is 5.11 Å². The van der Waals surface area contributed by atoms with Gasteiger partial charge in [-0.25, -0.2) is 0 Å². The Morgan fingerprint density at radius 3 is 2.19 bits per heavy atom. The molecule has 1 aromatic rings. The van der Waals surface area contributed by atoms with Gasteiger partial charge in [-0.3, -0.25) is 4.79 Å². The number of aryl methyl sites for hydroxylation is 2. The first kappa shape index (κ1) is 11.2. The van der Waals surface area contributed by atoms with Crippen LogP contribution < -0.4 is 0 Å². The number of aliphatic carboxylic acids is 1. The lowest BCUT2D eigenvalue weighted by atomic mass is 9.62. The predicted molar refractivity (Wildman–Crippen MR) is 63.7 cm³/mol. The standard InChI is InChI=1S/C14H18O2/c1-10-6-11(2)8-12(7-10)14(4-3-5-14)9-13(15)16/h6-8H,3-5,9H2,1-2H3,(H,15,16). The normalized spacial score (nSPS) is 17.9. The van der Waals surface area contributed by atoms with Crippen molar-refractivity contribution >= 4 is 5.97 Å². The van der Waals surface area contributed by atoms with Crippen molar-refractivity contribution in [1.82, 2.24) is 0 Å². The number of rotatable bonds is 3. The second kappa shape index (κ2) is 3.93. The van der Waals surface area contributed by atoms with Crippen molar-refractivity contribution in [2.75, 3.05) is 0 Å². The highest BCUT2D eigenvalue weighted by Crippen LogP contribution is 2.46. The number of carboxylic acid groups (broad SMARTS) is 1. The number of benzene rings is 1. The van der Waals surface area contributed by atoms with Gasteiger partial charge in [0.15, 0.2) is 0 Å². The van der Waals surface area contributed by atoms with Gasteiger partial charge >= 0.3 is 5.97 Å². The molecule has 1 fully saturated rings. The molecule has 0 bridgehead atoms. The predicted octanol–water partition coefficient (Wildman–Crippen LogP) is 3.20. The first-order valence-electron chi connectivity index (χ1n) is 5.82. The van der Waals surface area contributed by atoms with Gasteiger partial charge in [-0.15, -0.1) is 0 Å². The molecular weight excluding hydrogens is 200 g/mol. The van der Waals surface area contributed by atoms with E-state index in [2.05, 4.69) is 32.0 Å². The molecule has 0 amide bonds. The monoisotopic (exact) mass is 218 g/mol. The van der Waals surface area contributed by atoms with E-state index in [0.717, 1.165) is 19.3 Å². The Morgan fingerprint density at radius 1 is 1.25 bits per heavy atom. The van der Waals surface area contributed by atoms with E-state index in [9.17, 15) is 4.79 Å². The number of hydrogen-bond donors (Lipinski definition) is 1. The van der Waals surface area contributed by atoms with E-state index < -0.39 is 5.97 Å². The van der Waals surface area contributed by atoms with Gasteiger partial charge in [0.2, 0.25) is 0 Å². The molecular formula is C14H18O2. The lowest BCUT2D eigenvalue weighted by Crippen LogP contribution is -2.36. The van der Waals surface area contributed by atoms with Crippen LogP contribution in [0.15, 0.2) is 18.2 Å². The summed E-state index contributed by atoms with van der Waals surface area (Å²) < 4.78 is 0. The highest BCUT2D eigenvalue weighted by molar-refractivity contribution is 5.69. The van der Waals surface area contributed by atoms with Gasteiger partial charge in [-0.1, -0.05) is 35.7 Å². The summed E-state index contributed by atoms with van der Waals surface area (Å²) in [5, 5.41) is 9.01. The largest absolute Gasteiger partial charge is 0.481 e. The molecule has 2 rings (SSSR count). The van der Waals surface area contributed by atoms with Crippen molar-refractivity contribution in [2.45, 2.75) is 44.9 Å². The summed E-state index contributed by atoms with van der Waals surface area (Å²) in [6.45, 7) is 4.15. The Bertz CT molecular complexity index is 396. The Balaban J connectivity index is 2.36. The first-order valence-corrected chi connectivity index (χ1v) is 5.82. The highest BCUT2D eigenvalue weighted by atomic mass is 16.4. The van der Waals surface area contributed by atoms with Crippen molar-refractivity contribution in [3.05, 3.63) is 34.9 Å². The average molecular weight is 218 g/mol. The fourth-order valence-electron chi connectivity index (χ4n) is 2.74. The summed E-state index contributed by atoms with van der Waals surface area (Å²) in [5.41, 5.74) is 3.60. The van der Waals surface area contributed by atoms with Crippen LogP contribution in [0.1, 0.15) is 42.4 Å². The van der Waals surface area contributed by atoms with Gasteiger partial charge in [0, 0.05) is 5.41 Å². The minimum Gasteiger partial charge on any atom is -0.481 e. The van der Waals surface area contributed by atoms with Gasteiger partial charge in [0.1, 0.15) is 0 Å². The van der Waals surface area contributed by atoms with Crippen molar-refractivity contribution in [1.29, 1.82) is 0 Å². The molecule has 1 saturated carbocycles. The second-order valence-electron chi connectivity index (χ2n) is 5.08. The summed E-state index contributed by atoms with van der Waals surface area (Å²) in [5.74, 6) is -0.682. The zero-order valence-corrected chi connectivity index (χ0v) is 9.92. The van der Waals surface area contributed by atoms with E-state index in [0.29, 0.717) is 0 Å². The fraction of sp³-hybridized carbons (Fsp3) is 0.500. The molecule has 0 saturated heterocycles. The Hall–Kier alpha value is -1.31. The van der Waals surface area contributed by atoms with E-state index in [-0.39, 0.29) is 11.8 Å². The fourth-order valence-corrected chi connectivity index (χ4v) is 2.74. The van der Waals surface area contributed by atoms with E-state index >= 15 is 0 Å². The van der Waals surface area contributed by atoms with Crippen LogP contribution in [0.4, 0.5) is 0 Å². The number of carbonyl (C=O) groups is 1. The summed E-state index contributed by atoms with van der Waals surface area (Å²) in [6.07, 6.45) is 3.46. The summed E-state index contributed by atoms with van der Waals surface area (Å²) in [6, 6.07) is 6.43. The molecule has 2 nitrogen and oxygen atoms in total. The molecule has 1 N–H and O–H groups in total. The first-order chi connectivity index (χ1) is 7.52. The van der Waals surface area contributed by atoms with Crippen LogP contribution in [0.25, 0.3) is 0 Å². The maximum atomic E-state index is 11.0. The smallest absolute Gasteiger partial charge is 0.304 e. The summed E-state index contributed by atoms with van der Waals surface area (Å²) in [7, 11) is 0. The molecule has 0 atom stereocenters. The minimum atomic E-state index is -0.682. The van der Waals surface area contributed by atoms with Crippen LogP contribution in [0.2, 0.25) is 0 Å². The SMILES string of the molecule is Cc1cc(C)cc(C2(CC(=O)O)CCC2)c1. The molecule has 0 spiro atoms. The molecule has 1 aliphatic carbocycles. The molecule has 0 aliphatic heterocycles. The van der Waals surface area contributed by atoms with Crippen LogP contribution >= 0.6 is 0 Å². The highest BCUT2D eigenvalue weighted by Gasteiger charge is 2.40. The molecule has 0 unspecified atom stereocenters. The third kappa shape index (κ3) is 1.97. The molecule has 0 heterocycles. The second-order valence-corrected chi connectivity index (χ2v) is 5.08. The minimum absolute atomic E-state index is 0.0807. The van der Waals surface area contributed by atoms with Gasteiger partial charge in [-0.2, -0.15) is 0 Å².